The number of nitrogens with zero attached hydrogens (tertiary/aromatic N) is 1. The number of hydrogen-bond donors (Lipinski definition) is 1. The summed E-state index contributed by atoms with van der Waals surface area (Å²) >= 11 is 1.57. The van der Waals surface area contributed by atoms with Gasteiger partial charge in [0.05, 0.1) is 23.7 Å². The van der Waals surface area contributed by atoms with Crippen molar-refractivity contribution in [2.24, 2.45) is 0 Å². The van der Waals surface area contributed by atoms with Crippen LogP contribution in [0.25, 0.3) is 0 Å². The monoisotopic (exact) mass is 464 g/mol. The van der Waals surface area contributed by atoms with Crippen molar-refractivity contribution in [2.45, 2.75) is 30.6 Å². The fraction of sp³-hybridized carbons (Fsp3) is 0.429. The van der Waals surface area contributed by atoms with Crippen LogP contribution in [0.3, 0.4) is 0 Å². The van der Waals surface area contributed by atoms with Crippen molar-refractivity contribution in [1.82, 2.24) is 4.31 Å². The number of sulfonamides is 1. The minimum absolute atomic E-state index is 0.154. The largest absolute Gasteiger partial charge is 0.452 e. The van der Waals surface area contributed by atoms with Crippen LogP contribution in [0.1, 0.15) is 33.6 Å². The van der Waals surface area contributed by atoms with Gasteiger partial charge >= 0.3 is 5.97 Å². The van der Waals surface area contributed by atoms with Gasteiger partial charge in [0.15, 0.2) is 6.61 Å². The molecule has 4 rings (SSSR count). The van der Waals surface area contributed by atoms with Crippen molar-refractivity contribution >= 4 is 38.9 Å². The Balaban J connectivity index is 1.31. The van der Waals surface area contributed by atoms with Gasteiger partial charge in [0.25, 0.3) is 5.91 Å². The number of aryl methyl sites for hydroxylation is 1. The van der Waals surface area contributed by atoms with Gasteiger partial charge < -0.3 is 14.8 Å². The lowest BCUT2D eigenvalue weighted by Crippen LogP contribution is -2.40. The molecular formula is C21H24N2O6S2. The van der Waals surface area contributed by atoms with E-state index in [2.05, 4.69) is 5.32 Å². The van der Waals surface area contributed by atoms with Crippen molar-refractivity contribution in [3.8, 4) is 0 Å². The van der Waals surface area contributed by atoms with Gasteiger partial charge in [0.2, 0.25) is 10.0 Å². The Hall–Kier alpha value is -2.27. The van der Waals surface area contributed by atoms with E-state index in [4.69, 9.17) is 9.47 Å². The molecule has 1 N–H and O–H groups in total. The molecule has 1 amide bonds. The summed E-state index contributed by atoms with van der Waals surface area (Å²) in [6, 6.07) is 5.93. The normalized spacial score (nSPS) is 17.0. The molecular weight excluding hydrogens is 440 g/mol. The highest BCUT2D eigenvalue weighted by molar-refractivity contribution is 7.89. The molecule has 166 valence electrons. The molecule has 2 aliphatic rings. The standard InChI is InChI=1S/C21H24N2O6S2/c24-20(13-29-21(25)18-14-30-19-4-2-1-3-17(18)19)22-15-5-7-16(8-6-15)31(26,27)23-9-11-28-12-10-23/h5-8,14H,1-4,9-13H2,(H,22,24). The number of ether oxygens (including phenoxy) is 2. The summed E-state index contributed by atoms with van der Waals surface area (Å²) in [6.07, 6.45) is 4.05. The molecule has 1 aromatic carbocycles. The lowest BCUT2D eigenvalue weighted by molar-refractivity contribution is -0.119. The summed E-state index contributed by atoms with van der Waals surface area (Å²) < 4.78 is 37.0. The van der Waals surface area contributed by atoms with Gasteiger partial charge in [0, 0.05) is 29.0 Å². The molecule has 2 aromatic rings. The van der Waals surface area contributed by atoms with E-state index in [1.54, 1.807) is 11.3 Å². The number of carbonyl (C=O) groups excluding carboxylic acids is 2. The minimum atomic E-state index is -3.59. The van der Waals surface area contributed by atoms with Crippen LogP contribution in [0.15, 0.2) is 34.5 Å². The van der Waals surface area contributed by atoms with Crippen molar-refractivity contribution in [1.29, 1.82) is 0 Å². The molecule has 8 nitrogen and oxygen atoms in total. The number of nitrogens with one attached hydrogen (secondary N) is 1. The average Bonchev–Trinajstić information content (AvgIpc) is 3.23. The fourth-order valence-electron chi connectivity index (χ4n) is 3.72. The SMILES string of the molecule is O=C(COC(=O)c1csc2c1CCCC2)Nc1ccc(S(=O)(=O)N2CCOCC2)cc1. The molecule has 1 aliphatic carbocycles. The Morgan fingerprint density at radius 1 is 1.10 bits per heavy atom. The second-order valence-corrected chi connectivity index (χ2v) is 10.3. The van der Waals surface area contributed by atoms with Gasteiger partial charge in [-0.25, -0.2) is 13.2 Å². The molecule has 1 aromatic heterocycles. The molecule has 2 heterocycles. The summed E-state index contributed by atoms with van der Waals surface area (Å²) in [4.78, 5) is 25.9. The molecule has 10 heteroatoms. The van der Waals surface area contributed by atoms with E-state index in [1.807, 2.05) is 5.38 Å². The Bertz CT molecular complexity index is 1060. The fourth-order valence-corrected chi connectivity index (χ4v) is 6.24. The van der Waals surface area contributed by atoms with E-state index in [0.717, 1.165) is 31.2 Å². The van der Waals surface area contributed by atoms with Gasteiger partial charge in [-0.15, -0.1) is 11.3 Å². The van der Waals surface area contributed by atoms with E-state index in [9.17, 15) is 18.0 Å². The number of rotatable bonds is 6. The molecule has 0 bridgehead atoms. The second kappa shape index (κ2) is 9.47. The first-order valence-corrected chi connectivity index (χ1v) is 12.5. The topological polar surface area (TPSA) is 102 Å². The maximum absolute atomic E-state index is 12.6. The van der Waals surface area contributed by atoms with Crippen molar-refractivity contribution < 1.29 is 27.5 Å². The second-order valence-electron chi connectivity index (χ2n) is 7.42. The third-order valence-corrected chi connectivity index (χ3v) is 8.36. The van der Waals surface area contributed by atoms with E-state index >= 15 is 0 Å². The van der Waals surface area contributed by atoms with Crippen LogP contribution in [0, 0.1) is 0 Å². The summed E-state index contributed by atoms with van der Waals surface area (Å²) in [5.74, 6) is -0.970. The molecule has 0 radical (unpaired) electrons. The van der Waals surface area contributed by atoms with Crippen LogP contribution in [0.5, 0.6) is 0 Å². The lowest BCUT2D eigenvalue weighted by Gasteiger charge is -2.26. The number of hydrogen-bond acceptors (Lipinski definition) is 7. The van der Waals surface area contributed by atoms with E-state index in [0.29, 0.717) is 37.6 Å². The number of benzene rings is 1. The third-order valence-electron chi connectivity index (χ3n) is 5.36. The van der Waals surface area contributed by atoms with Gasteiger partial charge in [-0.05, 0) is 55.5 Å². The summed E-state index contributed by atoms with van der Waals surface area (Å²) in [5.41, 5.74) is 2.04. The number of carbonyl (C=O) groups is 2. The molecule has 1 fully saturated rings. The Morgan fingerprint density at radius 3 is 2.55 bits per heavy atom. The zero-order valence-electron chi connectivity index (χ0n) is 17.0. The van der Waals surface area contributed by atoms with Crippen molar-refractivity contribution in [2.75, 3.05) is 38.2 Å². The van der Waals surface area contributed by atoms with E-state index in [1.165, 1.54) is 33.4 Å². The number of fused-ring (bicyclic) bond motifs is 1. The van der Waals surface area contributed by atoms with Gasteiger partial charge in [-0.1, -0.05) is 0 Å². The molecule has 1 aliphatic heterocycles. The summed E-state index contributed by atoms with van der Waals surface area (Å²) in [5, 5.41) is 4.43. The molecule has 1 saturated heterocycles. The number of thiophene rings is 1. The summed E-state index contributed by atoms with van der Waals surface area (Å²) in [7, 11) is -3.59. The highest BCUT2D eigenvalue weighted by Crippen LogP contribution is 2.30. The minimum Gasteiger partial charge on any atom is -0.452 e. The first kappa shape index (κ1) is 21.9. The number of morpholine rings is 1. The average molecular weight is 465 g/mol. The van der Waals surface area contributed by atoms with Gasteiger partial charge in [-0.3, -0.25) is 4.79 Å². The molecule has 0 saturated carbocycles. The van der Waals surface area contributed by atoms with Crippen LogP contribution in [0.2, 0.25) is 0 Å². The maximum atomic E-state index is 12.6. The third kappa shape index (κ3) is 4.98. The van der Waals surface area contributed by atoms with Crippen LogP contribution in [0.4, 0.5) is 5.69 Å². The predicted octanol–water partition coefficient (Wildman–Crippen LogP) is 2.44. The Kier molecular flexibility index (Phi) is 6.71. The molecule has 0 unspecified atom stereocenters. The van der Waals surface area contributed by atoms with Gasteiger partial charge in [-0.2, -0.15) is 4.31 Å². The first-order chi connectivity index (χ1) is 14.9. The highest BCUT2D eigenvalue weighted by atomic mass is 32.2. The molecule has 31 heavy (non-hydrogen) atoms. The van der Waals surface area contributed by atoms with Crippen LogP contribution in [-0.4, -0.2) is 57.5 Å². The molecule has 0 spiro atoms. The first-order valence-electron chi connectivity index (χ1n) is 10.2. The molecule has 0 atom stereocenters. The van der Waals surface area contributed by atoms with Gasteiger partial charge in [0.1, 0.15) is 0 Å². The zero-order valence-corrected chi connectivity index (χ0v) is 18.6. The zero-order chi connectivity index (χ0) is 21.8. The summed E-state index contributed by atoms with van der Waals surface area (Å²) in [6.45, 7) is 0.983. The smallest absolute Gasteiger partial charge is 0.339 e. The number of esters is 1. The van der Waals surface area contributed by atoms with E-state index in [-0.39, 0.29) is 4.90 Å². The number of amides is 1. The number of anilines is 1. The van der Waals surface area contributed by atoms with Crippen LogP contribution in [-0.2, 0) is 37.1 Å². The quantitative estimate of drug-likeness (QED) is 0.659. The highest BCUT2D eigenvalue weighted by Gasteiger charge is 2.26. The van der Waals surface area contributed by atoms with Crippen LogP contribution < -0.4 is 5.32 Å². The van der Waals surface area contributed by atoms with E-state index < -0.39 is 28.5 Å². The van der Waals surface area contributed by atoms with Crippen molar-refractivity contribution in [3.05, 3.63) is 45.6 Å². The predicted molar refractivity (Wildman–Crippen MR) is 116 cm³/mol. The Labute approximate surface area is 185 Å². The maximum Gasteiger partial charge on any atom is 0.339 e. The van der Waals surface area contributed by atoms with Crippen molar-refractivity contribution in [3.63, 3.8) is 0 Å². The lowest BCUT2D eigenvalue weighted by atomic mass is 9.96. The Morgan fingerprint density at radius 2 is 1.81 bits per heavy atom. The van der Waals surface area contributed by atoms with Crippen LogP contribution >= 0.6 is 11.3 Å².